The van der Waals surface area contributed by atoms with Crippen LogP contribution in [0.5, 0.6) is 23.0 Å². The summed E-state index contributed by atoms with van der Waals surface area (Å²) in [5.41, 5.74) is 2.90. The van der Waals surface area contributed by atoms with E-state index in [9.17, 15) is 14.7 Å². The number of benzene rings is 4. The normalized spacial score (nSPS) is 14.1. The number of halogens is 1. The van der Waals surface area contributed by atoms with E-state index in [1.807, 2.05) is 19.1 Å². The molecule has 0 unspecified atom stereocenters. The summed E-state index contributed by atoms with van der Waals surface area (Å²) >= 11 is 6.06. The van der Waals surface area contributed by atoms with Gasteiger partial charge in [0.25, 0.3) is 0 Å². The highest BCUT2D eigenvalue weighted by Crippen LogP contribution is 2.41. The van der Waals surface area contributed by atoms with Gasteiger partial charge in [0.1, 0.15) is 24.7 Å². The van der Waals surface area contributed by atoms with Crippen molar-refractivity contribution < 1.29 is 43.1 Å². The fraction of sp³-hybridized carbons (Fsp3) is 0.278. The van der Waals surface area contributed by atoms with Gasteiger partial charge in [-0.25, -0.2) is 9.59 Å². The Morgan fingerprint density at radius 1 is 0.787 bits per heavy atom. The molecule has 10 nitrogen and oxygen atoms in total. The van der Waals surface area contributed by atoms with Gasteiger partial charge in [0.15, 0.2) is 11.5 Å². The first-order valence-corrected chi connectivity index (χ1v) is 15.3. The van der Waals surface area contributed by atoms with Gasteiger partial charge in [-0.1, -0.05) is 54.1 Å². The number of carbonyl (C=O) groups excluding carboxylic acids is 2. The predicted octanol–water partition coefficient (Wildman–Crippen LogP) is 5.57. The number of carbonyl (C=O) groups is 2. The van der Waals surface area contributed by atoms with E-state index in [2.05, 4.69) is 5.32 Å². The van der Waals surface area contributed by atoms with Crippen LogP contribution >= 0.6 is 11.6 Å². The summed E-state index contributed by atoms with van der Waals surface area (Å²) in [7, 11) is 3.11. The number of hydrogen-bond acceptors (Lipinski definition) is 10. The van der Waals surface area contributed by atoms with Crippen molar-refractivity contribution in [2.75, 3.05) is 20.8 Å². The van der Waals surface area contributed by atoms with E-state index in [1.54, 1.807) is 93.1 Å². The van der Waals surface area contributed by atoms with Crippen molar-refractivity contribution in [1.82, 2.24) is 5.32 Å². The molecule has 4 aromatic carbocycles. The molecule has 0 saturated heterocycles. The molecule has 0 radical (unpaired) electrons. The number of aliphatic hydroxyl groups is 1. The van der Waals surface area contributed by atoms with Crippen LogP contribution in [0.2, 0.25) is 5.02 Å². The Morgan fingerprint density at radius 2 is 1.34 bits per heavy atom. The molecule has 11 heteroatoms. The highest BCUT2D eigenvalue weighted by atomic mass is 35.5. The van der Waals surface area contributed by atoms with Gasteiger partial charge in [0.2, 0.25) is 0 Å². The molecular formula is C36H36ClNO9. The van der Waals surface area contributed by atoms with Crippen LogP contribution < -0.4 is 24.3 Å². The van der Waals surface area contributed by atoms with Gasteiger partial charge in [-0.2, -0.15) is 0 Å². The summed E-state index contributed by atoms with van der Waals surface area (Å²) in [4.78, 5) is 27.1. The summed E-state index contributed by atoms with van der Waals surface area (Å²) in [6.07, 6.45) is -0.184. The quantitative estimate of drug-likeness (QED) is 0.131. The zero-order chi connectivity index (χ0) is 33.4. The molecule has 0 aliphatic carbocycles. The lowest BCUT2D eigenvalue weighted by molar-refractivity contribution is -0.204. The molecular weight excluding hydrogens is 626 g/mol. The van der Waals surface area contributed by atoms with Crippen molar-refractivity contribution in [1.29, 1.82) is 0 Å². The average molecular weight is 662 g/mol. The van der Waals surface area contributed by atoms with Gasteiger partial charge in [-0.15, -0.1) is 0 Å². The highest BCUT2D eigenvalue weighted by Gasteiger charge is 2.60. The van der Waals surface area contributed by atoms with Crippen molar-refractivity contribution in [3.8, 4) is 23.0 Å². The van der Waals surface area contributed by atoms with E-state index in [4.69, 9.17) is 40.0 Å². The van der Waals surface area contributed by atoms with Gasteiger partial charge in [-0.05, 0) is 84.1 Å². The third-order valence-electron chi connectivity index (χ3n) is 7.55. The number of ether oxygens (including phenoxy) is 6. The van der Waals surface area contributed by atoms with Crippen molar-refractivity contribution in [3.05, 3.63) is 118 Å². The predicted molar refractivity (Wildman–Crippen MR) is 174 cm³/mol. The van der Waals surface area contributed by atoms with E-state index in [1.165, 1.54) is 0 Å². The molecule has 1 aliphatic heterocycles. The van der Waals surface area contributed by atoms with Crippen LogP contribution in [0.1, 0.15) is 35.3 Å². The molecule has 0 bridgehead atoms. The van der Waals surface area contributed by atoms with E-state index in [0.717, 1.165) is 11.1 Å². The van der Waals surface area contributed by atoms with Crippen LogP contribution in [0.3, 0.4) is 0 Å². The molecule has 5 rings (SSSR count). The Labute approximate surface area is 278 Å². The summed E-state index contributed by atoms with van der Waals surface area (Å²) in [6.45, 7) is 2.01. The topological polar surface area (TPSA) is 122 Å². The van der Waals surface area contributed by atoms with Crippen molar-refractivity contribution in [2.24, 2.45) is 0 Å². The molecule has 0 saturated carbocycles. The zero-order valence-corrected chi connectivity index (χ0v) is 27.0. The van der Waals surface area contributed by atoms with E-state index in [0.29, 0.717) is 40.6 Å². The van der Waals surface area contributed by atoms with Crippen molar-refractivity contribution in [3.63, 3.8) is 0 Å². The minimum atomic E-state index is -2.51. The molecule has 0 fully saturated rings. The molecule has 4 aromatic rings. The standard InChI is InChI=1S/C36H36ClNO9/c1-23(38-20-31(39)27-5-4-6-28(37)19-27)17-26-11-16-32-33(18-26)47-36(46-32,34(40)44-21-24-7-12-29(42-2)13-8-24)35(41)45-22-25-9-14-30(43-3)15-10-25/h4-16,18-19,23,31,38-39H,17,20-22H2,1-3H3/t23-,31+/m1/s1. The number of methoxy groups -OCH3 is 2. The SMILES string of the molecule is COc1ccc(COC(=O)C2(C(=O)OCc3ccc(OC)cc3)Oc3ccc(C[C@@H](C)NC[C@H](O)c4cccc(Cl)c4)cc3O2)cc1. The van der Waals surface area contributed by atoms with Gasteiger partial charge in [-0.3, -0.25) is 0 Å². The highest BCUT2D eigenvalue weighted by molar-refractivity contribution is 6.30. The van der Waals surface area contributed by atoms with E-state index < -0.39 is 23.8 Å². The third kappa shape index (κ3) is 8.34. The first-order chi connectivity index (χ1) is 22.7. The second-order valence-electron chi connectivity index (χ2n) is 11.0. The Morgan fingerprint density at radius 3 is 1.89 bits per heavy atom. The lowest BCUT2D eigenvalue weighted by atomic mass is 10.1. The summed E-state index contributed by atoms with van der Waals surface area (Å²) in [6, 6.07) is 26.1. The Bertz CT molecular complexity index is 1610. The van der Waals surface area contributed by atoms with Crippen molar-refractivity contribution in [2.45, 2.75) is 44.5 Å². The summed E-state index contributed by atoms with van der Waals surface area (Å²) in [5, 5.41) is 14.4. The fourth-order valence-electron chi connectivity index (χ4n) is 4.93. The van der Waals surface area contributed by atoms with Gasteiger partial charge >= 0.3 is 17.7 Å². The molecule has 1 aliphatic rings. The molecule has 2 atom stereocenters. The Kier molecular flexibility index (Phi) is 10.9. The number of fused-ring (bicyclic) bond motifs is 1. The van der Waals surface area contributed by atoms with Crippen LogP contribution in [-0.4, -0.2) is 49.6 Å². The number of hydrogen-bond donors (Lipinski definition) is 2. The fourth-order valence-corrected chi connectivity index (χ4v) is 5.12. The van der Waals surface area contributed by atoms with Crippen molar-refractivity contribution >= 4 is 23.5 Å². The molecule has 0 aromatic heterocycles. The minimum absolute atomic E-state index is 0.0436. The summed E-state index contributed by atoms with van der Waals surface area (Å²) in [5.74, 6) is -2.95. The van der Waals surface area contributed by atoms with Crippen LogP contribution in [-0.2, 0) is 38.7 Å². The number of rotatable bonds is 14. The minimum Gasteiger partial charge on any atom is -0.497 e. The van der Waals surface area contributed by atoms with E-state index in [-0.39, 0.29) is 30.8 Å². The maximum Gasteiger partial charge on any atom is 0.453 e. The third-order valence-corrected chi connectivity index (χ3v) is 7.78. The Balaban J connectivity index is 1.27. The monoisotopic (exact) mass is 661 g/mol. The molecule has 0 amide bonds. The Hall–Kier alpha value is -4.77. The molecule has 1 heterocycles. The van der Waals surface area contributed by atoms with Gasteiger partial charge in [0, 0.05) is 17.6 Å². The van der Waals surface area contributed by atoms with Gasteiger partial charge in [0.05, 0.1) is 20.3 Å². The molecule has 47 heavy (non-hydrogen) atoms. The number of nitrogens with one attached hydrogen (secondary N) is 1. The smallest absolute Gasteiger partial charge is 0.453 e. The largest absolute Gasteiger partial charge is 0.497 e. The van der Waals surface area contributed by atoms with Crippen LogP contribution in [0.15, 0.2) is 91.0 Å². The molecule has 0 spiro atoms. The molecule has 2 N–H and O–H groups in total. The maximum atomic E-state index is 13.6. The first-order valence-electron chi connectivity index (χ1n) is 15.0. The first kappa shape index (κ1) is 33.6. The maximum absolute atomic E-state index is 13.6. The zero-order valence-electron chi connectivity index (χ0n) is 26.2. The van der Waals surface area contributed by atoms with Gasteiger partial charge < -0.3 is 38.8 Å². The van der Waals surface area contributed by atoms with Crippen LogP contribution in [0, 0.1) is 0 Å². The second-order valence-corrected chi connectivity index (χ2v) is 11.5. The number of aliphatic hydroxyl groups excluding tert-OH is 1. The van der Waals surface area contributed by atoms with E-state index >= 15 is 0 Å². The van der Waals surface area contributed by atoms with Crippen LogP contribution in [0.25, 0.3) is 0 Å². The summed E-state index contributed by atoms with van der Waals surface area (Å²) < 4.78 is 33.3. The lowest BCUT2D eigenvalue weighted by Crippen LogP contribution is -2.55. The number of esters is 2. The second kappa shape index (κ2) is 15.2. The average Bonchev–Trinajstić information content (AvgIpc) is 3.49. The molecule has 246 valence electrons. The lowest BCUT2D eigenvalue weighted by Gasteiger charge is -2.23. The van der Waals surface area contributed by atoms with Crippen LogP contribution in [0.4, 0.5) is 0 Å².